The quantitative estimate of drug-likeness (QED) is 0.275. The molecule has 1 saturated heterocycles. The highest BCUT2D eigenvalue weighted by Crippen LogP contribution is 2.34. The standard InChI is InChI=1S/C33H48FN3O6S/c1-21(2)28-26(17-16-24-18-25(42-33(9,10)41-24)19-27(38)43-32(6,7)8)29(22-12-14-23(34)15-13-22)36-30(35-28)37(11)44(39,40)20-31(3,4)5/h12-17,21,24-25H,18-20H2,1-11H3/b17-16+/t24-,25-/m1/s1. The van der Waals surface area contributed by atoms with Crippen LogP contribution in [0, 0.1) is 11.2 Å². The van der Waals surface area contributed by atoms with Gasteiger partial charge < -0.3 is 14.2 Å². The molecule has 0 N–H and O–H groups in total. The summed E-state index contributed by atoms with van der Waals surface area (Å²) in [7, 11) is -2.29. The first kappa shape index (κ1) is 35.6. The summed E-state index contributed by atoms with van der Waals surface area (Å²) >= 11 is 0. The van der Waals surface area contributed by atoms with Gasteiger partial charge in [-0.15, -0.1) is 0 Å². The summed E-state index contributed by atoms with van der Waals surface area (Å²) in [6.07, 6.45) is 3.39. The molecule has 44 heavy (non-hydrogen) atoms. The van der Waals surface area contributed by atoms with E-state index >= 15 is 0 Å². The number of carbonyl (C=O) groups excluding carboxylic acids is 1. The van der Waals surface area contributed by atoms with Gasteiger partial charge in [-0.1, -0.05) is 46.8 Å². The van der Waals surface area contributed by atoms with Crippen molar-refractivity contribution in [3.05, 3.63) is 47.4 Å². The normalized spacial score (nSPS) is 19.4. The zero-order valence-corrected chi connectivity index (χ0v) is 28.7. The van der Waals surface area contributed by atoms with E-state index in [0.717, 1.165) is 4.31 Å². The molecule has 9 nitrogen and oxygen atoms in total. The number of ether oxygens (including phenoxy) is 3. The summed E-state index contributed by atoms with van der Waals surface area (Å²) in [6, 6.07) is 5.89. The third kappa shape index (κ3) is 10.1. The highest BCUT2D eigenvalue weighted by atomic mass is 32.2. The van der Waals surface area contributed by atoms with Crippen LogP contribution in [0.1, 0.15) is 99.3 Å². The lowest BCUT2D eigenvalue weighted by atomic mass is 9.97. The molecule has 1 aliphatic rings. The zero-order chi connectivity index (χ0) is 33.3. The van der Waals surface area contributed by atoms with Gasteiger partial charge in [0.2, 0.25) is 16.0 Å². The van der Waals surface area contributed by atoms with Crippen molar-refractivity contribution < 1.29 is 31.8 Å². The van der Waals surface area contributed by atoms with Crippen LogP contribution in [-0.4, -0.2) is 60.8 Å². The highest BCUT2D eigenvalue weighted by molar-refractivity contribution is 7.92. The van der Waals surface area contributed by atoms with Crippen LogP contribution in [0.3, 0.4) is 0 Å². The van der Waals surface area contributed by atoms with Crippen LogP contribution >= 0.6 is 0 Å². The summed E-state index contributed by atoms with van der Waals surface area (Å²) < 4.78 is 59.4. The lowest BCUT2D eigenvalue weighted by molar-refractivity contribution is -0.290. The van der Waals surface area contributed by atoms with Crippen LogP contribution in [0.25, 0.3) is 17.3 Å². The SMILES string of the molecule is CC(C)c1nc(N(C)S(=O)(=O)CC(C)(C)C)nc(-c2ccc(F)cc2)c1/C=C/[C@@H]1C[C@H](CC(=O)OC(C)(C)C)OC(C)(C)O1. The average molecular weight is 634 g/mol. The summed E-state index contributed by atoms with van der Waals surface area (Å²) in [6.45, 7) is 18.6. The Morgan fingerprint density at radius 1 is 1.11 bits per heavy atom. The van der Waals surface area contributed by atoms with Crippen molar-refractivity contribution in [3.8, 4) is 11.3 Å². The fraction of sp³-hybridized carbons (Fsp3) is 0.606. The van der Waals surface area contributed by atoms with Crippen molar-refractivity contribution in [3.63, 3.8) is 0 Å². The number of hydrogen-bond donors (Lipinski definition) is 0. The van der Waals surface area contributed by atoms with Crippen molar-refractivity contribution in [1.82, 2.24) is 9.97 Å². The van der Waals surface area contributed by atoms with E-state index in [9.17, 15) is 17.6 Å². The number of sulfonamides is 1. The number of rotatable bonds is 9. The zero-order valence-electron chi connectivity index (χ0n) is 27.9. The van der Waals surface area contributed by atoms with Crippen molar-refractivity contribution in [2.45, 2.75) is 112 Å². The monoisotopic (exact) mass is 633 g/mol. The first-order chi connectivity index (χ1) is 20.1. The third-order valence-corrected chi connectivity index (χ3v) is 8.84. The molecule has 1 aliphatic heterocycles. The van der Waals surface area contributed by atoms with Gasteiger partial charge in [-0.25, -0.2) is 27.1 Å². The number of carbonyl (C=O) groups is 1. The van der Waals surface area contributed by atoms with Gasteiger partial charge in [0, 0.05) is 24.6 Å². The van der Waals surface area contributed by atoms with E-state index in [1.807, 2.05) is 67.5 Å². The molecule has 2 aromatic rings. The van der Waals surface area contributed by atoms with Crippen LogP contribution in [0.5, 0.6) is 0 Å². The number of nitrogens with zero attached hydrogens (tertiary/aromatic N) is 3. The Labute approximate surface area is 262 Å². The molecule has 0 aliphatic carbocycles. The lowest BCUT2D eigenvalue weighted by Gasteiger charge is -2.39. The van der Waals surface area contributed by atoms with Crippen molar-refractivity contribution in [1.29, 1.82) is 0 Å². The van der Waals surface area contributed by atoms with Gasteiger partial charge in [0.15, 0.2) is 5.79 Å². The van der Waals surface area contributed by atoms with Gasteiger partial charge in [-0.2, -0.15) is 0 Å². The van der Waals surface area contributed by atoms with Crippen LogP contribution in [0.4, 0.5) is 10.3 Å². The van der Waals surface area contributed by atoms with E-state index in [1.54, 1.807) is 26.0 Å². The topological polar surface area (TPSA) is 108 Å². The second-order valence-corrected chi connectivity index (χ2v) is 16.3. The fourth-order valence-electron chi connectivity index (χ4n) is 4.98. The molecule has 2 atom stereocenters. The highest BCUT2D eigenvalue weighted by Gasteiger charge is 2.36. The third-order valence-electron chi connectivity index (χ3n) is 6.61. The van der Waals surface area contributed by atoms with E-state index in [4.69, 9.17) is 24.2 Å². The first-order valence-electron chi connectivity index (χ1n) is 15.0. The molecule has 3 rings (SSSR count). The maximum Gasteiger partial charge on any atom is 0.308 e. The molecular formula is C33H48FN3O6S. The number of esters is 1. The van der Waals surface area contributed by atoms with E-state index in [0.29, 0.717) is 28.9 Å². The van der Waals surface area contributed by atoms with Crippen molar-refractivity contribution in [2.75, 3.05) is 17.1 Å². The second-order valence-electron chi connectivity index (χ2n) is 14.3. The number of halogens is 1. The Morgan fingerprint density at radius 2 is 1.73 bits per heavy atom. The molecule has 1 aromatic heterocycles. The summed E-state index contributed by atoms with van der Waals surface area (Å²) in [5.74, 6) is -1.87. The van der Waals surface area contributed by atoms with Crippen molar-refractivity contribution in [2.24, 2.45) is 5.41 Å². The number of hydrogen-bond acceptors (Lipinski definition) is 8. The minimum Gasteiger partial charge on any atom is -0.460 e. The number of aromatic nitrogens is 2. The average Bonchev–Trinajstić information content (AvgIpc) is 2.83. The Hall–Kier alpha value is -2.89. The summed E-state index contributed by atoms with van der Waals surface area (Å²) in [5.41, 5.74) is 1.27. The van der Waals surface area contributed by atoms with Crippen LogP contribution in [-0.2, 0) is 29.0 Å². The molecule has 0 saturated carbocycles. The van der Waals surface area contributed by atoms with Gasteiger partial charge in [0.05, 0.1) is 35.8 Å². The minimum absolute atomic E-state index is 0.0373. The molecule has 1 fully saturated rings. The van der Waals surface area contributed by atoms with Crippen molar-refractivity contribution >= 4 is 28.0 Å². The maximum absolute atomic E-state index is 13.9. The molecule has 1 aromatic carbocycles. The molecule has 0 radical (unpaired) electrons. The van der Waals surface area contributed by atoms with Gasteiger partial charge in [-0.05, 0) is 70.2 Å². The molecular weight excluding hydrogens is 585 g/mol. The molecule has 0 bridgehead atoms. The van der Waals surface area contributed by atoms with Crippen LogP contribution in [0.15, 0.2) is 30.3 Å². The number of benzene rings is 1. The predicted octanol–water partition coefficient (Wildman–Crippen LogP) is 6.87. The number of anilines is 1. The van der Waals surface area contributed by atoms with Gasteiger partial charge in [0.1, 0.15) is 11.4 Å². The Morgan fingerprint density at radius 3 is 2.27 bits per heavy atom. The summed E-state index contributed by atoms with van der Waals surface area (Å²) in [5, 5.41) is 0. The molecule has 11 heteroatoms. The minimum atomic E-state index is -3.74. The molecule has 0 spiro atoms. The van der Waals surface area contributed by atoms with Gasteiger partial charge in [-0.3, -0.25) is 4.79 Å². The molecule has 244 valence electrons. The van der Waals surface area contributed by atoms with E-state index in [1.165, 1.54) is 19.2 Å². The largest absolute Gasteiger partial charge is 0.460 e. The van der Waals surface area contributed by atoms with Gasteiger partial charge in [0.25, 0.3) is 0 Å². The van der Waals surface area contributed by atoms with E-state index in [2.05, 4.69) is 0 Å². The van der Waals surface area contributed by atoms with E-state index < -0.39 is 44.9 Å². The van der Waals surface area contributed by atoms with E-state index in [-0.39, 0.29) is 30.0 Å². The molecule has 0 amide bonds. The first-order valence-corrected chi connectivity index (χ1v) is 16.6. The lowest BCUT2D eigenvalue weighted by Crippen LogP contribution is -2.45. The Bertz CT molecular complexity index is 1460. The maximum atomic E-state index is 13.9. The Kier molecular flexibility index (Phi) is 10.7. The molecule has 2 heterocycles. The smallest absolute Gasteiger partial charge is 0.308 e. The summed E-state index contributed by atoms with van der Waals surface area (Å²) in [4.78, 5) is 22.0. The van der Waals surface area contributed by atoms with Crippen LogP contribution < -0.4 is 4.31 Å². The molecule has 0 unspecified atom stereocenters. The second kappa shape index (κ2) is 13.2. The van der Waals surface area contributed by atoms with Crippen LogP contribution in [0.2, 0.25) is 0 Å². The fourth-order valence-corrected chi connectivity index (χ4v) is 6.60. The Balaban J connectivity index is 2.07. The van der Waals surface area contributed by atoms with Gasteiger partial charge >= 0.3 is 5.97 Å². The predicted molar refractivity (Wildman–Crippen MR) is 171 cm³/mol.